The SMILES string of the molecule is CCCCCNC(=O)c1cc(C(=O)Nc2cc(C)ccc2C)ccn1. The second-order valence-corrected chi connectivity index (χ2v) is 6.17. The van der Waals surface area contributed by atoms with Crippen molar-refractivity contribution in [1.29, 1.82) is 0 Å². The van der Waals surface area contributed by atoms with E-state index in [9.17, 15) is 9.59 Å². The van der Waals surface area contributed by atoms with Crippen LogP contribution >= 0.6 is 0 Å². The van der Waals surface area contributed by atoms with E-state index in [4.69, 9.17) is 0 Å². The maximum Gasteiger partial charge on any atom is 0.269 e. The molecule has 0 bridgehead atoms. The molecule has 2 aromatic rings. The van der Waals surface area contributed by atoms with Crippen molar-refractivity contribution >= 4 is 17.5 Å². The fourth-order valence-electron chi connectivity index (χ4n) is 2.43. The minimum atomic E-state index is -0.254. The molecule has 2 amide bonds. The lowest BCUT2D eigenvalue weighted by atomic mass is 10.1. The molecule has 0 saturated carbocycles. The molecule has 1 aromatic heterocycles. The van der Waals surface area contributed by atoms with Crippen LogP contribution in [0.25, 0.3) is 0 Å². The summed E-state index contributed by atoms with van der Waals surface area (Å²) in [5, 5.41) is 5.73. The van der Waals surface area contributed by atoms with Crippen molar-refractivity contribution in [2.24, 2.45) is 0 Å². The minimum Gasteiger partial charge on any atom is -0.351 e. The van der Waals surface area contributed by atoms with E-state index in [0.717, 1.165) is 36.1 Å². The van der Waals surface area contributed by atoms with Crippen LogP contribution in [0.3, 0.4) is 0 Å². The van der Waals surface area contributed by atoms with Gasteiger partial charge < -0.3 is 10.6 Å². The second kappa shape index (κ2) is 8.97. The summed E-state index contributed by atoms with van der Waals surface area (Å²) in [5.74, 6) is -0.506. The van der Waals surface area contributed by atoms with Crippen molar-refractivity contribution in [3.8, 4) is 0 Å². The van der Waals surface area contributed by atoms with Crippen molar-refractivity contribution in [1.82, 2.24) is 10.3 Å². The topological polar surface area (TPSA) is 71.1 Å². The molecule has 0 aliphatic rings. The molecule has 0 unspecified atom stereocenters. The summed E-state index contributed by atoms with van der Waals surface area (Å²) >= 11 is 0. The summed E-state index contributed by atoms with van der Waals surface area (Å²) in [7, 11) is 0. The average molecular weight is 339 g/mol. The molecule has 0 aliphatic carbocycles. The number of anilines is 1. The van der Waals surface area contributed by atoms with Gasteiger partial charge in [-0.1, -0.05) is 31.9 Å². The smallest absolute Gasteiger partial charge is 0.269 e. The predicted octanol–water partition coefficient (Wildman–Crippen LogP) is 3.87. The zero-order valence-electron chi connectivity index (χ0n) is 15.1. The van der Waals surface area contributed by atoms with E-state index >= 15 is 0 Å². The molecule has 0 aliphatic heterocycles. The first kappa shape index (κ1) is 18.6. The Hall–Kier alpha value is -2.69. The number of nitrogens with one attached hydrogen (secondary N) is 2. The van der Waals surface area contributed by atoms with Crippen molar-refractivity contribution in [3.05, 3.63) is 58.9 Å². The van der Waals surface area contributed by atoms with Crippen molar-refractivity contribution in [2.75, 3.05) is 11.9 Å². The number of aromatic nitrogens is 1. The Labute approximate surface area is 148 Å². The van der Waals surface area contributed by atoms with E-state index in [1.807, 2.05) is 32.0 Å². The Kier molecular flexibility index (Phi) is 6.69. The number of amides is 2. The molecule has 2 rings (SSSR count). The summed E-state index contributed by atoms with van der Waals surface area (Å²) in [6.07, 6.45) is 4.60. The Morgan fingerprint density at radius 3 is 2.60 bits per heavy atom. The van der Waals surface area contributed by atoms with Gasteiger partial charge in [-0.15, -0.1) is 0 Å². The van der Waals surface area contributed by atoms with Crippen molar-refractivity contribution in [3.63, 3.8) is 0 Å². The summed E-state index contributed by atoms with van der Waals surface area (Å²) in [5.41, 5.74) is 3.50. The Balaban J connectivity index is 2.05. The third-order valence-electron chi connectivity index (χ3n) is 3.96. The Morgan fingerprint density at radius 1 is 1.04 bits per heavy atom. The molecular weight excluding hydrogens is 314 g/mol. The number of hydrogen-bond acceptors (Lipinski definition) is 3. The first-order chi connectivity index (χ1) is 12.0. The molecule has 132 valence electrons. The fourth-order valence-corrected chi connectivity index (χ4v) is 2.43. The zero-order valence-corrected chi connectivity index (χ0v) is 15.1. The number of rotatable bonds is 7. The van der Waals surface area contributed by atoms with Gasteiger partial charge in [-0.3, -0.25) is 14.6 Å². The second-order valence-electron chi connectivity index (χ2n) is 6.17. The number of pyridine rings is 1. The standard InChI is InChI=1S/C20H25N3O2/c1-4-5-6-10-22-20(25)18-13-16(9-11-21-18)19(24)23-17-12-14(2)7-8-15(17)3/h7-9,11-13H,4-6,10H2,1-3H3,(H,22,25)(H,23,24). The molecular formula is C20H25N3O2. The molecule has 5 nitrogen and oxygen atoms in total. The van der Waals surface area contributed by atoms with E-state index in [1.165, 1.54) is 12.3 Å². The fraction of sp³-hybridized carbons (Fsp3) is 0.350. The third kappa shape index (κ3) is 5.41. The van der Waals surface area contributed by atoms with Gasteiger partial charge in [-0.2, -0.15) is 0 Å². The third-order valence-corrected chi connectivity index (χ3v) is 3.96. The molecule has 25 heavy (non-hydrogen) atoms. The van der Waals surface area contributed by atoms with E-state index in [1.54, 1.807) is 6.07 Å². The number of unbranched alkanes of at least 4 members (excludes halogenated alkanes) is 2. The number of hydrogen-bond donors (Lipinski definition) is 2. The maximum absolute atomic E-state index is 12.5. The quantitative estimate of drug-likeness (QED) is 0.752. The average Bonchev–Trinajstić information content (AvgIpc) is 2.61. The zero-order chi connectivity index (χ0) is 18.2. The van der Waals surface area contributed by atoms with Gasteiger partial charge in [0.2, 0.25) is 0 Å². The van der Waals surface area contributed by atoms with E-state index in [0.29, 0.717) is 12.1 Å². The molecule has 0 fully saturated rings. The molecule has 1 heterocycles. The lowest BCUT2D eigenvalue weighted by Gasteiger charge is -2.10. The Morgan fingerprint density at radius 2 is 1.84 bits per heavy atom. The van der Waals surface area contributed by atoms with Crippen LogP contribution in [0.2, 0.25) is 0 Å². The highest BCUT2D eigenvalue weighted by Gasteiger charge is 2.12. The van der Waals surface area contributed by atoms with E-state index < -0.39 is 0 Å². The monoisotopic (exact) mass is 339 g/mol. The lowest BCUT2D eigenvalue weighted by molar-refractivity contribution is 0.0948. The first-order valence-corrected chi connectivity index (χ1v) is 8.64. The highest BCUT2D eigenvalue weighted by molar-refractivity contribution is 6.06. The maximum atomic E-state index is 12.5. The van der Waals surface area contributed by atoms with Crippen molar-refractivity contribution < 1.29 is 9.59 Å². The normalized spacial score (nSPS) is 10.4. The summed E-state index contributed by atoms with van der Waals surface area (Å²) < 4.78 is 0. The molecule has 0 saturated heterocycles. The summed E-state index contributed by atoms with van der Waals surface area (Å²) in [6, 6.07) is 9.02. The van der Waals surface area contributed by atoms with E-state index in [-0.39, 0.29) is 17.5 Å². The predicted molar refractivity (Wildman–Crippen MR) is 100.0 cm³/mol. The van der Waals surface area contributed by atoms with Gasteiger partial charge in [0.15, 0.2) is 0 Å². The number of nitrogens with zero attached hydrogens (tertiary/aromatic N) is 1. The number of carbonyl (C=O) groups excluding carboxylic acids is 2. The summed E-state index contributed by atoms with van der Waals surface area (Å²) in [4.78, 5) is 28.7. The Bertz CT molecular complexity index is 756. The molecule has 0 atom stereocenters. The van der Waals surface area contributed by atoms with Crippen LogP contribution in [-0.2, 0) is 0 Å². The van der Waals surface area contributed by atoms with Crippen LogP contribution in [0.4, 0.5) is 5.69 Å². The van der Waals surface area contributed by atoms with Crippen LogP contribution in [0.1, 0.15) is 58.2 Å². The van der Waals surface area contributed by atoms with Gasteiger partial charge in [-0.25, -0.2) is 0 Å². The largest absolute Gasteiger partial charge is 0.351 e. The minimum absolute atomic E-state index is 0.252. The van der Waals surface area contributed by atoms with Gasteiger partial charge in [0.05, 0.1) is 0 Å². The van der Waals surface area contributed by atoms with Gasteiger partial charge in [0.25, 0.3) is 11.8 Å². The summed E-state index contributed by atoms with van der Waals surface area (Å²) in [6.45, 7) is 6.65. The van der Waals surface area contributed by atoms with Crippen LogP contribution in [0, 0.1) is 13.8 Å². The van der Waals surface area contributed by atoms with Crippen molar-refractivity contribution in [2.45, 2.75) is 40.0 Å². The number of carbonyl (C=O) groups is 2. The van der Waals surface area contributed by atoms with Gasteiger partial charge in [-0.05, 0) is 49.6 Å². The van der Waals surface area contributed by atoms with Gasteiger partial charge >= 0.3 is 0 Å². The highest BCUT2D eigenvalue weighted by atomic mass is 16.2. The van der Waals surface area contributed by atoms with E-state index in [2.05, 4.69) is 22.5 Å². The first-order valence-electron chi connectivity index (χ1n) is 8.64. The lowest BCUT2D eigenvalue weighted by Crippen LogP contribution is -2.26. The van der Waals surface area contributed by atoms with Crippen LogP contribution in [0.5, 0.6) is 0 Å². The number of aryl methyl sites for hydroxylation is 2. The highest BCUT2D eigenvalue weighted by Crippen LogP contribution is 2.17. The molecule has 0 spiro atoms. The van der Waals surface area contributed by atoms with Crippen LogP contribution < -0.4 is 10.6 Å². The molecule has 0 radical (unpaired) electrons. The van der Waals surface area contributed by atoms with Crippen LogP contribution in [-0.4, -0.2) is 23.3 Å². The molecule has 1 aromatic carbocycles. The van der Waals surface area contributed by atoms with Crippen LogP contribution in [0.15, 0.2) is 36.5 Å². The van der Waals surface area contributed by atoms with Gasteiger partial charge in [0.1, 0.15) is 5.69 Å². The van der Waals surface area contributed by atoms with Gasteiger partial charge in [0, 0.05) is 24.0 Å². The molecule has 5 heteroatoms. The molecule has 2 N–H and O–H groups in total. The number of benzene rings is 1.